The van der Waals surface area contributed by atoms with E-state index in [4.69, 9.17) is 4.74 Å². The fourth-order valence-electron chi connectivity index (χ4n) is 1.23. The maximum absolute atomic E-state index is 10.8. The van der Waals surface area contributed by atoms with Crippen molar-refractivity contribution < 1.29 is 9.53 Å². The van der Waals surface area contributed by atoms with E-state index in [-0.39, 0.29) is 5.91 Å². The van der Waals surface area contributed by atoms with E-state index in [0.29, 0.717) is 0 Å². The standard InChI is InChI=1S/C9H9NO.C4H9NO/c1-2-9(11)10-8-6-4-3-5-7-8;1-3-6-4-2-5-1/h2-7H,1H2,(H,10,11);5H,1-4H2. The molecule has 4 heteroatoms. The predicted octanol–water partition coefficient (Wildman–Crippen LogP) is 1.42. The normalized spacial score (nSPS) is 14.1. The van der Waals surface area contributed by atoms with E-state index in [9.17, 15) is 4.79 Å². The Hall–Kier alpha value is -1.65. The van der Waals surface area contributed by atoms with Crippen LogP contribution in [0.25, 0.3) is 0 Å². The molecule has 4 nitrogen and oxygen atoms in total. The Bertz CT molecular complexity index is 323. The van der Waals surface area contributed by atoms with Gasteiger partial charge in [0, 0.05) is 18.8 Å². The Morgan fingerprint density at radius 2 is 1.94 bits per heavy atom. The molecule has 0 bridgehead atoms. The molecule has 1 aliphatic heterocycles. The van der Waals surface area contributed by atoms with Gasteiger partial charge in [-0.2, -0.15) is 0 Å². The SMILES string of the molecule is C1COCCN1.C=CC(=O)Nc1ccccc1. The summed E-state index contributed by atoms with van der Waals surface area (Å²) in [6, 6.07) is 9.25. The quantitative estimate of drug-likeness (QED) is 0.761. The van der Waals surface area contributed by atoms with Crippen LogP contribution < -0.4 is 10.6 Å². The molecule has 0 radical (unpaired) electrons. The number of carbonyl (C=O) groups excluding carboxylic acids is 1. The second-order valence-electron chi connectivity index (χ2n) is 3.42. The average Bonchev–Trinajstić information content (AvgIpc) is 2.42. The molecular weight excluding hydrogens is 216 g/mol. The molecule has 17 heavy (non-hydrogen) atoms. The molecule has 2 N–H and O–H groups in total. The van der Waals surface area contributed by atoms with Gasteiger partial charge in [-0.15, -0.1) is 0 Å². The first-order valence-electron chi connectivity index (χ1n) is 5.60. The number of hydrogen-bond acceptors (Lipinski definition) is 3. The second-order valence-corrected chi connectivity index (χ2v) is 3.42. The first-order chi connectivity index (χ1) is 8.33. The van der Waals surface area contributed by atoms with Gasteiger partial charge >= 0.3 is 0 Å². The molecule has 0 aliphatic carbocycles. The van der Waals surface area contributed by atoms with Crippen LogP contribution in [0.1, 0.15) is 0 Å². The third-order valence-electron chi connectivity index (χ3n) is 2.07. The van der Waals surface area contributed by atoms with Crippen molar-refractivity contribution in [2.45, 2.75) is 0 Å². The minimum atomic E-state index is -0.184. The van der Waals surface area contributed by atoms with Gasteiger partial charge in [0.05, 0.1) is 13.2 Å². The van der Waals surface area contributed by atoms with Gasteiger partial charge in [-0.3, -0.25) is 4.79 Å². The first-order valence-corrected chi connectivity index (χ1v) is 5.60. The van der Waals surface area contributed by atoms with E-state index >= 15 is 0 Å². The minimum absolute atomic E-state index is 0.184. The van der Waals surface area contributed by atoms with Gasteiger partial charge < -0.3 is 15.4 Å². The highest BCUT2D eigenvalue weighted by atomic mass is 16.5. The number of morpholine rings is 1. The van der Waals surface area contributed by atoms with Crippen molar-refractivity contribution in [2.24, 2.45) is 0 Å². The highest BCUT2D eigenvalue weighted by molar-refractivity contribution is 5.98. The zero-order valence-electron chi connectivity index (χ0n) is 9.82. The van der Waals surface area contributed by atoms with E-state index < -0.39 is 0 Å². The van der Waals surface area contributed by atoms with Gasteiger partial charge in [-0.25, -0.2) is 0 Å². The number of ether oxygens (including phenoxy) is 1. The summed E-state index contributed by atoms with van der Waals surface area (Å²) in [4.78, 5) is 10.8. The molecule has 1 saturated heterocycles. The van der Waals surface area contributed by atoms with Crippen LogP contribution in [0.3, 0.4) is 0 Å². The van der Waals surface area contributed by atoms with E-state index in [1.807, 2.05) is 30.3 Å². The zero-order chi connectivity index (χ0) is 12.3. The Morgan fingerprint density at radius 3 is 2.35 bits per heavy atom. The number of nitrogens with one attached hydrogen (secondary N) is 2. The van der Waals surface area contributed by atoms with Crippen LogP contribution in [-0.2, 0) is 9.53 Å². The molecule has 0 aromatic heterocycles. The largest absolute Gasteiger partial charge is 0.379 e. The van der Waals surface area contributed by atoms with Crippen LogP contribution in [0.4, 0.5) is 5.69 Å². The highest BCUT2D eigenvalue weighted by Gasteiger charge is 1.93. The number of anilines is 1. The lowest BCUT2D eigenvalue weighted by Crippen LogP contribution is -2.30. The van der Waals surface area contributed by atoms with Crippen LogP contribution in [0.5, 0.6) is 0 Å². The highest BCUT2D eigenvalue weighted by Crippen LogP contribution is 2.03. The molecule has 1 aliphatic rings. The summed E-state index contributed by atoms with van der Waals surface area (Å²) in [5, 5.41) is 5.79. The summed E-state index contributed by atoms with van der Waals surface area (Å²) in [5.41, 5.74) is 0.789. The Balaban J connectivity index is 0.000000202. The lowest BCUT2D eigenvalue weighted by Gasteiger charge is -2.10. The fraction of sp³-hybridized carbons (Fsp3) is 0.308. The molecule has 1 heterocycles. The molecule has 1 aromatic rings. The first kappa shape index (κ1) is 13.4. The predicted molar refractivity (Wildman–Crippen MR) is 69.0 cm³/mol. The summed E-state index contributed by atoms with van der Waals surface area (Å²) in [6.07, 6.45) is 1.24. The summed E-state index contributed by atoms with van der Waals surface area (Å²) in [7, 11) is 0. The molecule has 1 fully saturated rings. The van der Waals surface area contributed by atoms with Gasteiger partial charge in [-0.05, 0) is 18.2 Å². The van der Waals surface area contributed by atoms with Crippen LogP contribution in [0.2, 0.25) is 0 Å². The molecular formula is C13H18N2O2. The van der Waals surface area contributed by atoms with Crippen LogP contribution >= 0.6 is 0 Å². The van der Waals surface area contributed by atoms with Crippen molar-refractivity contribution in [2.75, 3.05) is 31.6 Å². The van der Waals surface area contributed by atoms with Crippen molar-refractivity contribution in [3.05, 3.63) is 43.0 Å². The maximum Gasteiger partial charge on any atom is 0.247 e. The summed E-state index contributed by atoms with van der Waals surface area (Å²) in [5.74, 6) is -0.184. The van der Waals surface area contributed by atoms with Crippen molar-refractivity contribution in [3.63, 3.8) is 0 Å². The van der Waals surface area contributed by atoms with Crippen LogP contribution in [0.15, 0.2) is 43.0 Å². The molecule has 0 unspecified atom stereocenters. The van der Waals surface area contributed by atoms with Crippen molar-refractivity contribution in [3.8, 4) is 0 Å². The molecule has 1 amide bonds. The molecule has 1 aromatic carbocycles. The zero-order valence-corrected chi connectivity index (χ0v) is 9.82. The van der Waals surface area contributed by atoms with Gasteiger partial charge in [0.25, 0.3) is 0 Å². The number of benzene rings is 1. The Kier molecular flexibility index (Phi) is 6.70. The van der Waals surface area contributed by atoms with Gasteiger partial charge in [0.2, 0.25) is 5.91 Å². The monoisotopic (exact) mass is 234 g/mol. The molecule has 2 rings (SSSR count). The summed E-state index contributed by atoms with van der Waals surface area (Å²) < 4.78 is 5.01. The number of hydrogen-bond donors (Lipinski definition) is 2. The lowest BCUT2D eigenvalue weighted by atomic mass is 10.3. The molecule has 0 saturated carbocycles. The topological polar surface area (TPSA) is 50.4 Å². The lowest BCUT2D eigenvalue weighted by molar-refractivity contribution is -0.111. The van der Waals surface area contributed by atoms with Gasteiger partial charge in [0.1, 0.15) is 0 Å². The molecule has 0 spiro atoms. The summed E-state index contributed by atoms with van der Waals surface area (Å²) >= 11 is 0. The van der Waals surface area contributed by atoms with Crippen molar-refractivity contribution in [1.82, 2.24) is 5.32 Å². The average molecular weight is 234 g/mol. The Morgan fingerprint density at radius 1 is 1.29 bits per heavy atom. The fourth-order valence-corrected chi connectivity index (χ4v) is 1.23. The number of rotatable bonds is 2. The van der Waals surface area contributed by atoms with Gasteiger partial charge in [0.15, 0.2) is 0 Å². The maximum atomic E-state index is 10.8. The van der Waals surface area contributed by atoms with Crippen molar-refractivity contribution >= 4 is 11.6 Å². The molecule has 92 valence electrons. The van der Waals surface area contributed by atoms with E-state index in [2.05, 4.69) is 17.2 Å². The molecule has 0 atom stereocenters. The number of amides is 1. The minimum Gasteiger partial charge on any atom is -0.379 e. The summed E-state index contributed by atoms with van der Waals surface area (Å²) in [6.45, 7) is 7.18. The Labute approximate surface area is 102 Å². The van der Waals surface area contributed by atoms with E-state index in [1.54, 1.807) is 0 Å². The van der Waals surface area contributed by atoms with E-state index in [0.717, 1.165) is 32.0 Å². The van der Waals surface area contributed by atoms with E-state index in [1.165, 1.54) is 6.08 Å². The van der Waals surface area contributed by atoms with Gasteiger partial charge in [-0.1, -0.05) is 24.8 Å². The third kappa shape index (κ3) is 6.50. The van der Waals surface area contributed by atoms with Crippen LogP contribution in [0, 0.1) is 0 Å². The number of para-hydroxylation sites is 1. The number of carbonyl (C=O) groups is 1. The smallest absolute Gasteiger partial charge is 0.247 e. The van der Waals surface area contributed by atoms with Crippen LogP contribution in [-0.4, -0.2) is 32.2 Å². The second kappa shape index (κ2) is 8.50. The van der Waals surface area contributed by atoms with Crippen molar-refractivity contribution in [1.29, 1.82) is 0 Å². The third-order valence-corrected chi connectivity index (χ3v) is 2.07.